The zero-order chi connectivity index (χ0) is 20.1. The van der Waals surface area contributed by atoms with Crippen LogP contribution in [0.25, 0.3) is 0 Å². The minimum Gasteiger partial charge on any atom is -0.381 e. The van der Waals surface area contributed by atoms with Crippen molar-refractivity contribution in [3.63, 3.8) is 0 Å². The average Bonchev–Trinajstić information content (AvgIpc) is 2.97. The number of nitrogens with zero attached hydrogens (tertiary/aromatic N) is 3. The summed E-state index contributed by atoms with van der Waals surface area (Å²) >= 11 is 0. The molecule has 3 saturated heterocycles. The molecule has 1 amide bonds. The number of benzene rings is 1. The fraction of sp³-hybridized carbons (Fsp3) is 0.696. The zero-order valence-electron chi connectivity index (χ0n) is 17.5. The van der Waals surface area contributed by atoms with Crippen molar-refractivity contribution in [2.24, 2.45) is 11.7 Å². The van der Waals surface area contributed by atoms with E-state index in [-0.39, 0.29) is 12.0 Å². The summed E-state index contributed by atoms with van der Waals surface area (Å²) in [4.78, 5) is 20.4. The van der Waals surface area contributed by atoms with Crippen LogP contribution < -0.4 is 5.73 Å². The first kappa shape index (κ1) is 20.8. The third-order valence-electron chi connectivity index (χ3n) is 6.80. The number of hydrogen-bond donors (Lipinski definition) is 1. The van der Waals surface area contributed by atoms with Crippen molar-refractivity contribution in [3.8, 4) is 0 Å². The molecule has 6 heteroatoms. The number of ether oxygens (including phenoxy) is 1. The Morgan fingerprint density at radius 2 is 1.69 bits per heavy atom. The van der Waals surface area contributed by atoms with E-state index in [1.54, 1.807) is 0 Å². The Morgan fingerprint density at radius 1 is 0.966 bits per heavy atom. The standard InChI is InChI=1S/C23H36N4O2/c24-21-7-6-20(17-27(18-21)22-8-14-29-15-9-22)23(28)26-12-10-25(11-13-26)16-19-4-2-1-3-5-19/h1-5,20-22H,6-18,24H2/t20-,21+/m1/s1. The lowest BCUT2D eigenvalue weighted by molar-refractivity contribution is -0.138. The molecule has 0 aromatic heterocycles. The Bertz CT molecular complexity index is 642. The fourth-order valence-electron chi connectivity index (χ4n) is 5.03. The molecule has 3 heterocycles. The highest BCUT2D eigenvalue weighted by Crippen LogP contribution is 2.24. The lowest BCUT2D eigenvalue weighted by Gasteiger charge is -2.38. The van der Waals surface area contributed by atoms with E-state index in [9.17, 15) is 4.79 Å². The Kier molecular flexibility index (Phi) is 7.19. The van der Waals surface area contributed by atoms with E-state index in [1.165, 1.54) is 5.56 Å². The molecule has 3 aliphatic rings. The van der Waals surface area contributed by atoms with Gasteiger partial charge in [-0.3, -0.25) is 14.6 Å². The van der Waals surface area contributed by atoms with E-state index in [4.69, 9.17) is 10.5 Å². The van der Waals surface area contributed by atoms with E-state index in [0.29, 0.717) is 11.9 Å². The molecule has 0 aliphatic carbocycles. The van der Waals surface area contributed by atoms with Gasteiger partial charge in [0, 0.05) is 71.1 Å². The maximum Gasteiger partial charge on any atom is 0.227 e. The average molecular weight is 401 g/mol. The van der Waals surface area contributed by atoms with E-state index >= 15 is 0 Å². The molecule has 3 fully saturated rings. The lowest BCUT2D eigenvalue weighted by Crippen LogP contribution is -2.52. The second-order valence-electron chi connectivity index (χ2n) is 8.92. The van der Waals surface area contributed by atoms with Crippen LogP contribution in [0.1, 0.15) is 31.2 Å². The molecule has 0 spiro atoms. The highest BCUT2D eigenvalue weighted by molar-refractivity contribution is 5.79. The van der Waals surface area contributed by atoms with E-state index in [2.05, 4.69) is 45.0 Å². The van der Waals surface area contributed by atoms with Gasteiger partial charge in [0.15, 0.2) is 0 Å². The monoisotopic (exact) mass is 400 g/mol. The third kappa shape index (κ3) is 5.57. The summed E-state index contributed by atoms with van der Waals surface area (Å²) in [5.74, 6) is 0.433. The maximum atomic E-state index is 13.3. The Morgan fingerprint density at radius 3 is 2.41 bits per heavy atom. The van der Waals surface area contributed by atoms with Crippen LogP contribution in [-0.4, -0.2) is 85.2 Å². The predicted molar refractivity (Wildman–Crippen MR) is 114 cm³/mol. The molecule has 0 bridgehead atoms. The second kappa shape index (κ2) is 10.0. The summed E-state index contributed by atoms with van der Waals surface area (Å²) in [6.45, 7) is 8.00. The van der Waals surface area contributed by atoms with Gasteiger partial charge in [0.2, 0.25) is 5.91 Å². The Hall–Kier alpha value is -1.47. The summed E-state index contributed by atoms with van der Waals surface area (Å²) in [7, 11) is 0. The van der Waals surface area contributed by atoms with Crippen LogP contribution in [0.15, 0.2) is 30.3 Å². The molecule has 160 valence electrons. The molecule has 4 rings (SSSR count). The van der Waals surface area contributed by atoms with Crippen molar-refractivity contribution in [1.82, 2.24) is 14.7 Å². The molecular weight excluding hydrogens is 364 g/mol. The van der Waals surface area contributed by atoms with Gasteiger partial charge in [-0.2, -0.15) is 0 Å². The second-order valence-corrected chi connectivity index (χ2v) is 8.92. The van der Waals surface area contributed by atoms with Crippen LogP contribution in [0.5, 0.6) is 0 Å². The first-order chi connectivity index (χ1) is 14.2. The van der Waals surface area contributed by atoms with Crippen molar-refractivity contribution >= 4 is 5.91 Å². The summed E-state index contributed by atoms with van der Waals surface area (Å²) < 4.78 is 5.53. The van der Waals surface area contributed by atoms with Crippen molar-refractivity contribution in [1.29, 1.82) is 0 Å². The molecule has 2 atom stereocenters. The van der Waals surface area contributed by atoms with Crippen LogP contribution >= 0.6 is 0 Å². The molecule has 0 radical (unpaired) electrons. The van der Waals surface area contributed by atoms with E-state index in [1.807, 2.05) is 0 Å². The number of nitrogens with two attached hydrogens (primary N) is 1. The molecule has 0 unspecified atom stereocenters. The van der Waals surface area contributed by atoms with Gasteiger partial charge < -0.3 is 15.4 Å². The minimum absolute atomic E-state index is 0.0899. The number of amides is 1. The van der Waals surface area contributed by atoms with E-state index in [0.717, 1.165) is 84.7 Å². The summed E-state index contributed by atoms with van der Waals surface area (Å²) in [6.07, 6.45) is 3.99. The number of piperazine rings is 1. The lowest BCUT2D eigenvalue weighted by atomic mass is 9.99. The smallest absolute Gasteiger partial charge is 0.227 e. The molecule has 3 aliphatic heterocycles. The molecular formula is C23H36N4O2. The van der Waals surface area contributed by atoms with Crippen molar-refractivity contribution in [2.45, 2.75) is 44.3 Å². The molecule has 1 aromatic carbocycles. The van der Waals surface area contributed by atoms with Crippen molar-refractivity contribution in [3.05, 3.63) is 35.9 Å². The van der Waals surface area contributed by atoms with Gasteiger partial charge in [0.25, 0.3) is 0 Å². The van der Waals surface area contributed by atoms with Crippen LogP contribution in [0.2, 0.25) is 0 Å². The minimum atomic E-state index is 0.0899. The Balaban J connectivity index is 1.31. The van der Waals surface area contributed by atoms with Crippen LogP contribution in [0.4, 0.5) is 0 Å². The summed E-state index contributed by atoms with van der Waals surface area (Å²) in [5, 5.41) is 0. The fourth-order valence-corrected chi connectivity index (χ4v) is 5.03. The highest BCUT2D eigenvalue weighted by Gasteiger charge is 2.34. The quantitative estimate of drug-likeness (QED) is 0.831. The van der Waals surface area contributed by atoms with Crippen LogP contribution in [0, 0.1) is 5.92 Å². The van der Waals surface area contributed by atoms with Gasteiger partial charge in [-0.1, -0.05) is 30.3 Å². The van der Waals surface area contributed by atoms with Crippen molar-refractivity contribution < 1.29 is 9.53 Å². The van der Waals surface area contributed by atoms with Crippen LogP contribution in [0.3, 0.4) is 0 Å². The maximum absolute atomic E-state index is 13.3. The van der Waals surface area contributed by atoms with E-state index < -0.39 is 0 Å². The van der Waals surface area contributed by atoms with Crippen LogP contribution in [-0.2, 0) is 16.1 Å². The van der Waals surface area contributed by atoms with Gasteiger partial charge in [0.05, 0.1) is 5.92 Å². The third-order valence-corrected chi connectivity index (χ3v) is 6.80. The highest BCUT2D eigenvalue weighted by atomic mass is 16.5. The van der Waals surface area contributed by atoms with Gasteiger partial charge in [-0.05, 0) is 31.2 Å². The normalized spacial score (nSPS) is 28.2. The van der Waals surface area contributed by atoms with Gasteiger partial charge in [-0.25, -0.2) is 0 Å². The number of carbonyl (C=O) groups is 1. The topological polar surface area (TPSA) is 62.0 Å². The summed E-state index contributed by atoms with van der Waals surface area (Å²) in [5.41, 5.74) is 7.70. The Labute approximate surface area is 175 Å². The summed E-state index contributed by atoms with van der Waals surface area (Å²) in [6, 6.07) is 11.3. The first-order valence-corrected chi connectivity index (χ1v) is 11.3. The SMILES string of the molecule is N[C@H]1CC[C@@H](C(=O)N2CCN(Cc3ccccc3)CC2)CN(C2CCOCC2)C1. The zero-order valence-corrected chi connectivity index (χ0v) is 17.5. The molecule has 2 N–H and O–H groups in total. The van der Waals surface area contributed by atoms with Crippen molar-refractivity contribution in [2.75, 3.05) is 52.5 Å². The molecule has 6 nitrogen and oxygen atoms in total. The largest absolute Gasteiger partial charge is 0.381 e. The van der Waals surface area contributed by atoms with Gasteiger partial charge in [-0.15, -0.1) is 0 Å². The number of carbonyl (C=O) groups excluding carboxylic acids is 1. The predicted octanol–water partition coefficient (Wildman–Crippen LogP) is 1.55. The number of likely N-dealkylation sites (tertiary alicyclic amines) is 1. The molecule has 29 heavy (non-hydrogen) atoms. The molecule has 1 aromatic rings. The number of rotatable bonds is 4. The number of hydrogen-bond acceptors (Lipinski definition) is 5. The van der Waals surface area contributed by atoms with Gasteiger partial charge in [0.1, 0.15) is 0 Å². The van der Waals surface area contributed by atoms with Gasteiger partial charge >= 0.3 is 0 Å². The first-order valence-electron chi connectivity index (χ1n) is 11.3. The molecule has 0 saturated carbocycles.